The SMILES string of the molecule is CCNC(=NCC1CCCC1O)NCCc1csc(C)n1. The fourth-order valence-corrected chi connectivity index (χ4v) is 3.26. The van der Waals surface area contributed by atoms with Gasteiger partial charge in [0, 0.05) is 37.4 Å². The van der Waals surface area contributed by atoms with Gasteiger partial charge < -0.3 is 15.7 Å². The van der Waals surface area contributed by atoms with Crippen LogP contribution in [-0.2, 0) is 6.42 Å². The van der Waals surface area contributed by atoms with Gasteiger partial charge in [0.2, 0.25) is 0 Å². The molecule has 1 saturated carbocycles. The molecule has 0 saturated heterocycles. The molecule has 1 aliphatic rings. The third-order valence-electron chi connectivity index (χ3n) is 3.79. The standard InChI is InChI=1S/C15H26N4OS/c1-3-16-15(18-9-12-5-4-6-14(12)20)17-8-7-13-10-21-11(2)19-13/h10,12,14,20H,3-9H2,1-2H3,(H2,16,17,18). The van der Waals surface area contributed by atoms with Crippen LogP contribution in [0.15, 0.2) is 10.4 Å². The van der Waals surface area contributed by atoms with E-state index in [4.69, 9.17) is 0 Å². The van der Waals surface area contributed by atoms with E-state index in [9.17, 15) is 5.11 Å². The number of aliphatic hydroxyl groups excluding tert-OH is 1. The molecule has 1 fully saturated rings. The Balaban J connectivity index is 1.77. The number of thiazole rings is 1. The van der Waals surface area contributed by atoms with Crippen LogP contribution in [0, 0.1) is 12.8 Å². The van der Waals surface area contributed by atoms with Gasteiger partial charge in [-0.25, -0.2) is 4.98 Å². The van der Waals surface area contributed by atoms with Crippen molar-refractivity contribution in [3.63, 3.8) is 0 Å². The number of nitrogens with zero attached hydrogens (tertiary/aromatic N) is 2. The Bertz CT molecular complexity index is 460. The summed E-state index contributed by atoms with van der Waals surface area (Å²) < 4.78 is 0. The van der Waals surface area contributed by atoms with E-state index in [1.54, 1.807) is 11.3 Å². The Labute approximate surface area is 130 Å². The van der Waals surface area contributed by atoms with E-state index in [-0.39, 0.29) is 6.10 Å². The minimum absolute atomic E-state index is 0.172. The van der Waals surface area contributed by atoms with Crippen LogP contribution in [0.4, 0.5) is 0 Å². The van der Waals surface area contributed by atoms with Crippen molar-refractivity contribution < 1.29 is 5.11 Å². The molecular weight excluding hydrogens is 284 g/mol. The molecule has 1 heterocycles. The minimum Gasteiger partial charge on any atom is -0.393 e. The van der Waals surface area contributed by atoms with Gasteiger partial charge in [-0.2, -0.15) is 0 Å². The second-order valence-corrected chi connectivity index (χ2v) is 6.57. The van der Waals surface area contributed by atoms with E-state index in [1.165, 1.54) is 0 Å². The highest BCUT2D eigenvalue weighted by atomic mass is 32.1. The molecule has 2 unspecified atom stereocenters. The zero-order valence-electron chi connectivity index (χ0n) is 12.9. The average molecular weight is 310 g/mol. The zero-order chi connectivity index (χ0) is 15.1. The molecule has 5 nitrogen and oxygen atoms in total. The van der Waals surface area contributed by atoms with Crippen LogP contribution in [0.3, 0.4) is 0 Å². The van der Waals surface area contributed by atoms with Crippen LogP contribution in [0.25, 0.3) is 0 Å². The summed E-state index contributed by atoms with van der Waals surface area (Å²) in [6, 6.07) is 0. The molecule has 1 aromatic rings. The Morgan fingerprint density at radius 1 is 1.48 bits per heavy atom. The Morgan fingerprint density at radius 3 is 2.95 bits per heavy atom. The van der Waals surface area contributed by atoms with E-state index in [0.29, 0.717) is 12.5 Å². The van der Waals surface area contributed by atoms with Crippen molar-refractivity contribution in [2.24, 2.45) is 10.9 Å². The van der Waals surface area contributed by atoms with Crippen LogP contribution >= 0.6 is 11.3 Å². The van der Waals surface area contributed by atoms with Crippen molar-refractivity contribution >= 4 is 17.3 Å². The molecule has 6 heteroatoms. The molecule has 0 aromatic carbocycles. The molecule has 1 aromatic heterocycles. The number of aliphatic hydroxyl groups is 1. The van der Waals surface area contributed by atoms with Gasteiger partial charge in [0.05, 0.1) is 16.8 Å². The second kappa shape index (κ2) is 8.34. The van der Waals surface area contributed by atoms with E-state index in [0.717, 1.165) is 55.4 Å². The Kier molecular flexibility index (Phi) is 6.45. The summed E-state index contributed by atoms with van der Waals surface area (Å²) in [5, 5.41) is 19.7. The van der Waals surface area contributed by atoms with Crippen LogP contribution in [0.1, 0.15) is 36.9 Å². The smallest absolute Gasteiger partial charge is 0.191 e. The summed E-state index contributed by atoms with van der Waals surface area (Å²) in [6.07, 6.45) is 3.86. The van der Waals surface area contributed by atoms with Gasteiger partial charge in [0.1, 0.15) is 0 Å². The first-order chi connectivity index (χ1) is 10.2. The van der Waals surface area contributed by atoms with Crippen molar-refractivity contribution in [1.82, 2.24) is 15.6 Å². The zero-order valence-corrected chi connectivity index (χ0v) is 13.7. The van der Waals surface area contributed by atoms with Crippen molar-refractivity contribution in [2.45, 2.75) is 45.6 Å². The fourth-order valence-electron chi connectivity index (χ4n) is 2.61. The molecule has 2 atom stereocenters. The van der Waals surface area contributed by atoms with Gasteiger partial charge in [-0.3, -0.25) is 4.99 Å². The molecule has 0 spiro atoms. The monoisotopic (exact) mass is 310 g/mol. The maximum absolute atomic E-state index is 9.84. The average Bonchev–Trinajstić information content (AvgIpc) is 3.05. The molecule has 0 radical (unpaired) electrons. The molecular formula is C15H26N4OS. The number of aromatic nitrogens is 1. The number of guanidine groups is 1. The van der Waals surface area contributed by atoms with Crippen molar-refractivity contribution in [3.05, 3.63) is 16.1 Å². The number of hydrogen-bond acceptors (Lipinski definition) is 4. The Morgan fingerprint density at radius 2 is 2.33 bits per heavy atom. The number of aliphatic imine (C=N–C) groups is 1. The van der Waals surface area contributed by atoms with Crippen LogP contribution in [-0.4, -0.2) is 41.8 Å². The van der Waals surface area contributed by atoms with Crippen LogP contribution in [0.2, 0.25) is 0 Å². The third-order valence-corrected chi connectivity index (χ3v) is 4.61. The second-order valence-electron chi connectivity index (χ2n) is 5.51. The summed E-state index contributed by atoms with van der Waals surface area (Å²) in [5.41, 5.74) is 1.13. The first kappa shape index (κ1) is 16.2. The molecule has 21 heavy (non-hydrogen) atoms. The van der Waals surface area contributed by atoms with Gasteiger partial charge >= 0.3 is 0 Å². The van der Waals surface area contributed by atoms with Gasteiger partial charge in [-0.05, 0) is 26.7 Å². The quantitative estimate of drug-likeness (QED) is 0.553. The molecule has 0 bridgehead atoms. The lowest BCUT2D eigenvalue weighted by atomic mass is 10.1. The molecule has 2 rings (SSSR count). The predicted molar refractivity (Wildman–Crippen MR) is 87.9 cm³/mol. The number of hydrogen-bond donors (Lipinski definition) is 3. The van der Waals surface area contributed by atoms with Crippen molar-refractivity contribution in [2.75, 3.05) is 19.6 Å². The summed E-state index contributed by atoms with van der Waals surface area (Å²) in [6.45, 7) is 6.45. The first-order valence-electron chi connectivity index (χ1n) is 7.80. The number of nitrogens with one attached hydrogen (secondary N) is 2. The highest BCUT2D eigenvalue weighted by molar-refractivity contribution is 7.09. The third kappa shape index (κ3) is 5.28. The molecule has 1 aliphatic carbocycles. The van der Waals surface area contributed by atoms with Crippen molar-refractivity contribution in [3.8, 4) is 0 Å². The normalized spacial score (nSPS) is 22.5. The van der Waals surface area contributed by atoms with Gasteiger partial charge in [-0.15, -0.1) is 11.3 Å². The maximum Gasteiger partial charge on any atom is 0.191 e. The van der Waals surface area contributed by atoms with Gasteiger partial charge in [0.25, 0.3) is 0 Å². The molecule has 118 valence electrons. The van der Waals surface area contributed by atoms with Gasteiger partial charge in [-0.1, -0.05) is 6.42 Å². The van der Waals surface area contributed by atoms with Crippen LogP contribution in [0.5, 0.6) is 0 Å². The lowest BCUT2D eigenvalue weighted by molar-refractivity contribution is 0.136. The highest BCUT2D eigenvalue weighted by Crippen LogP contribution is 2.25. The van der Waals surface area contributed by atoms with E-state index in [1.807, 2.05) is 6.92 Å². The minimum atomic E-state index is -0.172. The topological polar surface area (TPSA) is 69.5 Å². The number of rotatable bonds is 6. The van der Waals surface area contributed by atoms with E-state index < -0.39 is 0 Å². The molecule has 0 amide bonds. The molecule has 3 N–H and O–H groups in total. The summed E-state index contributed by atoms with van der Waals surface area (Å²) in [7, 11) is 0. The highest BCUT2D eigenvalue weighted by Gasteiger charge is 2.24. The number of aryl methyl sites for hydroxylation is 1. The van der Waals surface area contributed by atoms with E-state index in [2.05, 4.69) is 32.9 Å². The predicted octanol–water partition coefficient (Wildman–Crippen LogP) is 1.71. The summed E-state index contributed by atoms with van der Waals surface area (Å²) in [4.78, 5) is 9.06. The van der Waals surface area contributed by atoms with Gasteiger partial charge in [0.15, 0.2) is 5.96 Å². The lowest BCUT2D eigenvalue weighted by Crippen LogP contribution is -2.39. The largest absolute Gasteiger partial charge is 0.393 e. The summed E-state index contributed by atoms with van der Waals surface area (Å²) >= 11 is 1.69. The van der Waals surface area contributed by atoms with Crippen LogP contribution < -0.4 is 10.6 Å². The fraction of sp³-hybridized carbons (Fsp3) is 0.733. The molecule has 0 aliphatic heterocycles. The van der Waals surface area contributed by atoms with E-state index >= 15 is 0 Å². The first-order valence-corrected chi connectivity index (χ1v) is 8.68. The Hall–Kier alpha value is -1.14. The summed E-state index contributed by atoms with van der Waals surface area (Å²) in [5.74, 6) is 1.16. The van der Waals surface area contributed by atoms with Crippen molar-refractivity contribution in [1.29, 1.82) is 0 Å². The maximum atomic E-state index is 9.84. The lowest BCUT2D eigenvalue weighted by Gasteiger charge is -2.14.